The molecular formula is C16H23NO7. The van der Waals surface area contributed by atoms with Crippen molar-refractivity contribution in [3.8, 4) is 0 Å². The zero-order chi connectivity index (χ0) is 17.5. The third kappa shape index (κ3) is 2.94. The van der Waals surface area contributed by atoms with Gasteiger partial charge in [-0.05, 0) is 26.7 Å². The van der Waals surface area contributed by atoms with Crippen molar-refractivity contribution in [3.63, 3.8) is 0 Å². The third-order valence-corrected chi connectivity index (χ3v) is 5.07. The summed E-state index contributed by atoms with van der Waals surface area (Å²) in [5.74, 6) is -0.792. The summed E-state index contributed by atoms with van der Waals surface area (Å²) in [5.41, 5.74) is -0.538. The third-order valence-electron chi connectivity index (χ3n) is 5.07. The number of amides is 1. The van der Waals surface area contributed by atoms with Crippen LogP contribution in [0.15, 0.2) is 0 Å². The maximum Gasteiger partial charge on any atom is 0.407 e. The summed E-state index contributed by atoms with van der Waals surface area (Å²) in [6.45, 7) is 5.75. The quantitative estimate of drug-likeness (QED) is 0.433. The van der Waals surface area contributed by atoms with Gasteiger partial charge >= 0.3 is 18.0 Å². The molecule has 5 unspecified atom stereocenters. The Labute approximate surface area is 140 Å². The lowest BCUT2D eigenvalue weighted by molar-refractivity contribution is -0.153. The smallest absolute Gasteiger partial charge is 0.407 e. The van der Waals surface area contributed by atoms with Gasteiger partial charge in [-0.3, -0.25) is 9.59 Å². The number of carbonyl (C=O) groups excluding carboxylic acids is 3. The predicted octanol–water partition coefficient (Wildman–Crippen LogP) is 0.773. The molecule has 3 saturated heterocycles. The summed E-state index contributed by atoms with van der Waals surface area (Å²) in [6.07, 6.45) is -1.09. The molecule has 0 aliphatic carbocycles. The van der Waals surface area contributed by atoms with Crippen molar-refractivity contribution in [2.75, 3.05) is 13.2 Å². The van der Waals surface area contributed by atoms with Crippen molar-refractivity contribution >= 4 is 18.0 Å². The lowest BCUT2D eigenvalue weighted by Gasteiger charge is -2.22. The zero-order valence-corrected chi connectivity index (χ0v) is 14.1. The fourth-order valence-corrected chi connectivity index (χ4v) is 3.18. The van der Waals surface area contributed by atoms with Crippen LogP contribution in [-0.4, -0.2) is 55.6 Å². The highest BCUT2D eigenvalue weighted by Gasteiger charge is 2.65. The number of fused-ring (bicyclic) bond motifs is 1. The molecule has 0 aromatic heterocycles. The van der Waals surface area contributed by atoms with Gasteiger partial charge in [0.2, 0.25) is 0 Å². The first-order valence-electron chi connectivity index (χ1n) is 8.31. The first-order valence-corrected chi connectivity index (χ1v) is 8.31. The summed E-state index contributed by atoms with van der Waals surface area (Å²) < 4.78 is 21.3. The summed E-state index contributed by atoms with van der Waals surface area (Å²) in [4.78, 5) is 35.2. The highest BCUT2D eigenvalue weighted by molar-refractivity contribution is 5.77. The summed E-state index contributed by atoms with van der Waals surface area (Å²) >= 11 is 0. The Hall–Kier alpha value is -1.83. The fourth-order valence-electron chi connectivity index (χ4n) is 3.18. The molecule has 0 aromatic carbocycles. The average Bonchev–Trinajstić information content (AvgIpc) is 3.16. The van der Waals surface area contributed by atoms with E-state index in [4.69, 9.17) is 18.9 Å². The van der Waals surface area contributed by atoms with Gasteiger partial charge in [0.1, 0.15) is 12.7 Å². The Balaban J connectivity index is 1.38. The molecule has 24 heavy (non-hydrogen) atoms. The van der Waals surface area contributed by atoms with Crippen LogP contribution < -0.4 is 5.32 Å². The Kier molecular flexibility index (Phi) is 4.42. The van der Waals surface area contributed by atoms with Gasteiger partial charge in [-0.2, -0.15) is 0 Å². The number of hydrogen-bond acceptors (Lipinski definition) is 7. The van der Waals surface area contributed by atoms with Crippen LogP contribution in [0.2, 0.25) is 0 Å². The molecule has 0 saturated carbocycles. The summed E-state index contributed by atoms with van der Waals surface area (Å²) in [5, 5.41) is 2.53. The Morgan fingerprint density at radius 2 is 2.08 bits per heavy atom. The van der Waals surface area contributed by atoms with Crippen LogP contribution in [0.1, 0.15) is 33.6 Å². The zero-order valence-electron chi connectivity index (χ0n) is 14.1. The van der Waals surface area contributed by atoms with E-state index in [1.165, 1.54) is 0 Å². The number of hydrogen-bond donors (Lipinski definition) is 1. The molecule has 3 aliphatic heterocycles. The van der Waals surface area contributed by atoms with E-state index in [-0.39, 0.29) is 43.2 Å². The second-order valence-electron chi connectivity index (χ2n) is 7.05. The second kappa shape index (κ2) is 6.23. The van der Waals surface area contributed by atoms with Crippen molar-refractivity contribution in [2.24, 2.45) is 11.3 Å². The largest absolute Gasteiger partial charge is 0.463 e. The van der Waals surface area contributed by atoms with Crippen LogP contribution >= 0.6 is 0 Å². The predicted molar refractivity (Wildman–Crippen MR) is 80.0 cm³/mol. The first-order chi connectivity index (χ1) is 11.3. The van der Waals surface area contributed by atoms with Crippen molar-refractivity contribution in [2.45, 2.75) is 58.0 Å². The highest BCUT2D eigenvalue weighted by atomic mass is 16.7. The average molecular weight is 341 g/mol. The van der Waals surface area contributed by atoms with Crippen LogP contribution in [0, 0.1) is 11.3 Å². The molecule has 2 bridgehead atoms. The number of ether oxygens (including phenoxy) is 4. The Bertz CT molecular complexity index is 547. The maximum absolute atomic E-state index is 11.9. The molecule has 0 radical (unpaired) electrons. The van der Waals surface area contributed by atoms with E-state index in [2.05, 4.69) is 5.32 Å². The van der Waals surface area contributed by atoms with Gasteiger partial charge in [-0.1, -0.05) is 6.92 Å². The van der Waals surface area contributed by atoms with Crippen LogP contribution in [0.4, 0.5) is 4.79 Å². The van der Waals surface area contributed by atoms with E-state index in [0.29, 0.717) is 12.8 Å². The minimum Gasteiger partial charge on any atom is -0.463 e. The molecular weight excluding hydrogens is 318 g/mol. The molecule has 1 N–H and O–H groups in total. The molecule has 3 rings (SSSR count). The van der Waals surface area contributed by atoms with Gasteiger partial charge in [-0.15, -0.1) is 0 Å². The molecule has 8 nitrogen and oxygen atoms in total. The number of carbonyl (C=O) groups is 3. The number of esters is 2. The number of rotatable bonds is 6. The van der Waals surface area contributed by atoms with Crippen molar-refractivity contribution in [3.05, 3.63) is 0 Å². The highest BCUT2D eigenvalue weighted by Crippen LogP contribution is 2.47. The van der Waals surface area contributed by atoms with Gasteiger partial charge in [0.25, 0.3) is 0 Å². The van der Waals surface area contributed by atoms with Crippen molar-refractivity contribution in [1.82, 2.24) is 5.32 Å². The van der Waals surface area contributed by atoms with E-state index in [1.807, 2.05) is 20.8 Å². The molecule has 0 spiro atoms. The lowest BCUT2D eigenvalue weighted by Crippen LogP contribution is -2.43. The van der Waals surface area contributed by atoms with Gasteiger partial charge in [-0.25, -0.2) is 4.79 Å². The van der Waals surface area contributed by atoms with Gasteiger partial charge in [0.05, 0.1) is 24.0 Å². The van der Waals surface area contributed by atoms with Gasteiger partial charge in [0.15, 0.2) is 12.2 Å². The molecule has 1 amide bonds. The van der Waals surface area contributed by atoms with E-state index < -0.39 is 23.7 Å². The molecule has 3 heterocycles. The fraction of sp³-hybridized carbons (Fsp3) is 0.812. The molecule has 3 fully saturated rings. The van der Waals surface area contributed by atoms with Gasteiger partial charge in [0, 0.05) is 0 Å². The Morgan fingerprint density at radius 3 is 2.79 bits per heavy atom. The minimum absolute atomic E-state index is 0.0745. The van der Waals surface area contributed by atoms with Crippen molar-refractivity contribution < 1.29 is 33.3 Å². The molecule has 3 aliphatic rings. The molecule has 8 heteroatoms. The minimum atomic E-state index is -0.638. The maximum atomic E-state index is 11.9. The molecule has 134 valence electrons. The van der Waals surface area contributed by atoms with Crippen LogP contribution in [0.3, 0.4) is 0 Å². The van der Waals surface area contributed by atoms with Crippen molar-refractivity contribution in [1.29, 1.82) is 0 Å². The standard InChI is InChI=1S/C16H23NO7/c1-4-16(2,3)14(19)21-6-5-17-15(20)24-11-9-7-8-10(22-9)12(11)23-13(8)18/h8-12H,4-7H2,1-3H3,(H,17,20). The van der Waals surface area contributed by atoms with E-state index >= 15 is 0 Å². The Morgan fingerprint density at radius 1 is 1.33 bits per heavy atom. The number of nitrogens with one attached hydrogen (secondary N) is 1. The summed E-state index contributed by atoms with van der Waals surface area (Å²) in [7, 11) is 0. The SMILES string of the molecule is CCC(C)(C)C(=O)OCCNC(=O)OC1C2CC3C(=O)OC1C3O2. The normalized spacial score (nSPS) is 33.3. The second-order valence-corrected chi connectivity index (χ2v) is 7.05. The van der Waals surface area contributed by atoms with Gasteiger partial charge < -0.3 is 24.3 Å². The molecule has 0 aromatic rings. The summed E-state index contributed by atoms with van der Waals surface area (Å²) in [6, 6.07) is 0. The number of alkyl carbamates (subject to hydrolysis) is 1. The van der Waals surface area contributed by atoms with Crippen LogP contribution in [-0.2, 0) is 28.5 Å². The lowest BCUT2D eigenvalue weighted by atomic mass is 9.88. The van der Waals surface area contributed by atoms with E-state index in [9.17, 15) is 14.4 Å². The first kappa shape index (κ1) is 17.0. The van der Waals surface area contributed by atoms with Crippen LogP contribution in [0.5, 0.6) is 0 Å². The van der Waals surface area contributed by atoms with E-state index in [1.54, 1.807) is 0 Å². The monoisotopic (exact) mass is 341 g/mol. The topological polar surface area (TPSA) is 100 Å². The van der Waals surface area contributed by atoms with E-state index in [0.717, 1.165) is 0 Å². The van der Waals surface area contributed by atoms with Crippen LogP contribution in [0.25, 0.3) is 0 Å². The molecule has 5 atom stereocenters.